The summed E-state index contributed by atoms with van der Waals surface area (Å²) in [5.41, 5.74) is 0. The van der Waals surface area contributed by atoms with Crippen LogP contribution in [0.1, 0.15) is 67.2 Å². The zero-order valence-electron chi connectivity index (χ0n) is 35.3. The van der Waals surface area contributed by atoms with Gasteiger partial charge in [0.05, 0.1) is 66.1 Å². The molecule has 0 aromatic carbocycles. The number of rotatable bonds is 37. The van der Waals surface area contributed by atoms with Gasteiger partial charge in [-0.2, -0.15) is 0 Å². The first-order chi connectivity index (χ1) is 28.3. The first-order valence-electron chi connectivity index (χ1n) is 19.0. The van der Waals surface area contributed by atoms with Gasteiger partial charge in [-0.3, -0.25) is 55.9 Å². The molecule has 0 saturated carbocycles. The topological polar surface area (TPSA) is 271 Å². The summed E-state index contributed by atoms with van der Waals surface area (Å²) in [6, 6.07) is 0. The predicted molar refractivity (Wildman–Crippen MR) is 211 cm³/mol. The van der Waals surface area contributed by atoms with Crippen LogP contribution in [0.4, 0.5) is 0 Å². The van der Waals surface area contributed by atoms with Gasteiger partial charge in [0.25, 0.3) is 0 Å². The lowest BCUT2D eigenvalue weighted by Gasteiger charge is -2.22. The molecule has 0 aromatic heterocycles. The molecule has 60 heavy (non-hydrogen) atoms. The number of phosphoric ester groups is 2. The average molecular weight is 905 g/mol. The van der Waals surface area contributed by atoms with Crippen LogP contribution in [0.25, 0.3) is 0 Å². The summed E-state index contributed by atoms with van der Waals surface area (Å²) in [5.74, 6) is -3.49. The molecule has 0 rings (SSSR count). The molecule has 2 amide bonds. The molecule has 0 aliphatic carbocycles. The largest absolute Gasteiger partial charge is 0.475 e. The van der Waals surface area contributed by atoms with Crippen molar-refractivity contribution in [3.63, 3.8) is 0 Å². The van der Waals surface area contributed by atoms with Crippen LogP contribution in [-0.4, -0.2) is 139 Å². The van der Waals surface area contributed by atoms with Gasteiger partial charge >= 0.3 is 39.5 Å². The van der Waals surface area contributed by atoms with Crippen molar-refractivity contribution in [2.24, 2.45) is 0 Å². The molecular formula is C36H62N2O20P2. The van der Waals surface area contributed by atoms with Crippen molar-refractivity contribution in [3.05, 3.63) is 25.3 Å². The van der Waals surface area contributed by atoms with E-state index in [1.807, 2.05) is 0 Å². The highest BCUT2D eigenvalue weighted by Crippen LogP contribution is 2.50. The normalized spacial score (nSPS) is 15.1. The molecule has 0 aliphatic rings. The summed E-state index contributed by atoms with van der Waals surface area (Å²) in [4.78, 5) is 70.0. The van der Waals surface area contributed by atoms with Crippen LogP contribution in [0.15, 0.2) is 25.3 Å². The number of ether oxygens (including phenoxy) is 6. The zero-order valence-corrected chi connectivity index (χ0v) is 37.0. The maximum atomic E-state index is 13.2. The molecule has 24 heteroatoms. The minimum absolute atomic E-state index is 0.0142. The molecule has 0 saturated heterocycles. The third-order valence-corrected chi connectivity index (χ3v) is 9.63. The van der Waals surface area contributed by atoms with Crippen LogP contribution >= 0.6 is 15.6 Å². The first kappa shape index (κ1) is 56.4. The van der Waals surface area contributed by atoms with Gasteiger partial charge in [-0.05, 0) is 20.3 Å². The molecule has 2 N–H and O–H groups in total. The number of hydrogen-bond acceptors (Lipinski definition) is 20. The van der Waals surface area contributed by atoms with Crippen molar-refractivity contribution in [2.45, 2.75) is 91.6 Å². The molecular weight excluding hydrogens is 842 g/mol. The standard InChI is InChI=1S/C36H62N2O20P2/c1-9-16-49-59(45,53-25-33(57-31(7)41)23-47-19-12-27(3)55-29(5)39)51-18-11-14-37-35(43)22-36(44)38-15-21-52-60(46,50-17-10-2)54-26-34(58-32(8)42)24-48-20-13-28(4)56-30(6)40/h9-10,27-28,33-34H,1-2,11-26H2,3-8H3,(H,37,43)(H,38,44)/t27-,28-,33?,34?,59?,60?/m1/s1. The third-order valence-electron chi connectivity index (χ3n) is 6.77. The maximum absolute atomic E-state index is 13.2. The second kappa shape index (κ2) is 33.1. The lowest BCUT2D eigenvalue weighted by Crippen LogP contribution is -2.34. The first-order valence-corrected chi connectivity index (χ1v) is 21.9. The minimum Gasteiger partial charge on any atom is -0.463 e. The van der Waals surface area contributed by atoms with Crippen molar-refractivity contribution >= 4 is 51.3 Å². The van der Waals surface area contributed by atoms with Gasteiger partial charge in [0.1, 0.15) is 30.8 Å². The van der Waals surface area contributed by atoms with Crippen LogP contribution in [-0.2, 0) is 93.5 Å². The summed E-state index contributed by atoms with van der Waals surface area (Å²) in [6.45, 7) is 13.3. The average Bonchev–Trinajstić information content (AvgIpc) is 3.15. The Morgan fingerprint density at radius 3 is 1.33 bits per heavy atom. The summed E-state index contributed by atoms with van der Waals surface area (Å²) in [6.07, 6.45) is 0.160. The summed E-state index contributed by atoms with van der Waals surface area (Å²) < 4.78 is 89.5. The molecule has 22 nitrogen and oxygen atoms in total. The number of carbonyl (C=O) groups excluding carboxylic acids is 6. The third kappa shape index (κ3) is 32.2. The molecule has 346 valence electrons. The Morgan fingerprint density at radius 2 is 0.933 bits per heavy atom. The minimum atomic E-state index is -4.26. The molecule has 0 spiro atoms. The van der Waals surface area contributed by atoms with Gasteiger partial charge in [-0.15, -0.1) is 13.2 Å². The molecule has 0 radical (unpaired) electrons. The second-order valence-corrected chi connectivity index (χ2v) is 15.9. The monoisotopic (exact) mass is 904 g/mol. The van der Waals surface area contributed by atoms with Crippen molar-refractivity contribution in [3.8, 4) is 0 Å². The fourth-order valence-electron chi connectivity index (χ4n) is 4.27. The Labute approximate surface area is 351 Å². The Bertz CT molecular complexity index is 1430. The molecule has 0 fully saturated rings. The SMILES string of the molecule is C=CCOP(=O)(OCCCNC(=O)CC(=O)NCCOP(=O)(OCC=C)OCC(COCC[C@@H](C)OC(C)=O)OC(C)=O)OCC(COCC[C@@H](C)OC(C)=O)OC(C)=O. The fraction of sp³-hybridized carbons (Fsp3) is 0.722. The van der Waals surface area contributed by atoms with Crippen LogP contribution in [0.2, 0.25) is 0 Å². The molecule has 0 heterocycles. The van der Waals surface area contributed by atoms with Gasteiger partial charge < -0.3 is 39.1 Å². The van der Waals surface area contributed by atoms with E-state index in [9.17, 15) is 37.9 Å². The fourth-order valence-corrected chi connectivity index (χ4v) is 6.66. The quantitative estimate of drug-likeness (QED) is 0.0226. The van der Waals surface area contributed by atoms with Gasteiger partial charge in [-0.25, -0.2) is 9.13 Å². The maximum Gasteiger partial charge on any atom is 0.475 e. The molecule has 4 unspecified atom stereocenters. The number of amides is 2. The summed E-state index contributed by atoms with van der Waals surface area (Å²) >= 11 is 0. The number of esters is 4. The van der Waals surface area contributed by atoms with E-state index in [1.165, 1.54) is 39.8 Å². The van der Waals surface area contributed by atoms with Crippen LogP contribution < -0.4 is 10.6 Å². The van der Waals surface area contributed by atoms with Crippen LogP contribution in [0, 0.1) is 0 Å². The van der Waals surface area contributed by atoms with E-state index in [0.29, 0.717) is 12.8 Å². The number of nitrogens with one attached hydrogen (secondary N) is 2. The lowest BCUT2D eigenvalue weighted by atomic mass is 10.3. The highest BCUT2D eigenvalue weighted by atomic mass is 31.2. The van der Waals surface area contributed by atoms with Gasteiger partial charge in [0, 0.05) is 53.6 Å². The van der Waals surface area contributed by atoms with Crippen molar-refractivity contribution in [1.29, 1.82) is 0 Å². The number of phosphoric acid groups is 2. The molecule has 0 aromatic rings. The highest BCUT2D eigenvalue weighted by molar-refractivity contribution is 7.48. The summed E-state index contributed by atoms with van der Waals surface area (Å²) in [7, 11) is -8.46. The van der Waals surface area contributed by atoms with E-state index in [4.69, 9.17) is 55.6 Å². The van der Waals surface area contributed by atoms with E-state index in [0.717, 1.165) is 0 Å². The molecule has 6 atom stereocenters. The van der Waals surface area contributed by atoms with Gasteiger partial charge in [-0.1, -0.05) is 12.2 Å². The second-order valence-electron chi connectivity index (χ2n) is 12.6. The Morgan fingerprint density at radius 1 is 0.533 bits per heavy atom. The van der Waals surface area contributed by atoms with E-state index in [1.54, 1.807) is 13.8 Å². The molecule has 0 aliphatic heterocycles. The number of hydrogen-bond donors (Lipinski definition) is 2. The van der Waals surface area contributed by atoms with Crippen molar-refractivity contribution < 1.29 is 93.5 Å². The smallest absolute Gasteiger partial charge is 0.463 e. The Kier molecular flexibility index (Phi) is 31.1. The van der Waals surface area contributed by atoms with Crippen molar-refractivity contribution in [1.82, 2.24) is 10.6 Å². The van der Waals surface area contributed by atoms with Crippen LogP contribution in [0.5, 0.6) is 0 Å². The van der Waals surface area contributed by atoms with Crippen molar-refractivity contribution in [2.75, 3.05) is 79.2 Å². The lowest BCUT2D eigenvalue weighted by molar-refractivity contribution is -0.153. The van der Waals surface area contributed by atoms with Gasteiger partial charge in [0.2, 0.25) is 11.8 Å². The van der Waals surface area contributed by atoms with E-state index in [2.05, 4.69) is 23.8 Å². The highest BCUT2D eigenvalue weighted by Gasteiger charge is 2.30. The van der Waals surface area contributed by atoms with E-state index < -0.39 is 95.4 Å². The predicted octanol–water partition coefficient (Wildman–Crippen LogP) is 3.27. The Hall–Kier alpha value is -3.56. The molecule has 0 bridgehead atoms. The summed E-state index contributed by atoms with van der Waals surface area (Å²) in [5, 5.41) is 4.94. The van der Waals surface area contributed by atoms with Crippen LogP contribution in [0.3, 0.4) is 0 Å². The zero-order chi connectivity index (χ0) is 45.4. The number of carbonyl (C=O) groups is 6. The Balaban J connectivity index is 4.79. The van der Waals surface area contributed by atoms with Gasteiger partial charge in [0.15, 0.2) is 0 Å². The van der Waals surface area contributed by atoms with E-state index in [-0.39, 0.29) is 72.4 Å². The van der Waals surface area contributed by atoms with E-state index >= 15 is 0 Å².